The molecule has 5 nitrogen and oxygen atoms in total. The van der Waals surface area contributed by atoms with Gasteiger partial charge in [-0.2, -0.15) is 0 Å². The van der Waals surface area contributed by atoms with Crippen molar-refractivity contribution >= 4 is 22.7 Å². The molecular weight excluding hydrogens is 350 g/mol. The molecule has 4 rings (SSSR count). The normalized spacial score (nSPS) is 15.1. The van der Waals surface area contributed by atoms with E-state index in [0.717, 1.165) is 16.5 Å². The Bertz CT molecular complexity index is 966. The van der Waals surface area contributed by atoms with Crippen LogP contribution in [0.4, 0.5) is 0 Å². The van der Waals surface area contributed by atoms with Crippen molar-refractivity contribution in [2.24, 2.45) is 0 Å². The quantitative estimate of drug-likeness (QED) is 0.762. The lowest BCUT2D eigenvalue weighted by atomic mass is 9.83. The molecule has 28 heavy (non-hydrogen) atoms. The van der Waals surface area contributed by atoms with Crippen LogP contribution in [-0.2, 0) is 10.2 Å². The molecule has 2 heterocycles. The van der Waals surface area contributed by atoms with Crippen molar-refractivity contribution in [1.29, 1.82) is 0 Å². The maximum atomic E-state index is 13.1. The number of piperazine rings is 1. The third-order valence-electron chi connectivity index (χ3n) is 5.64. The van der Waals surface area contributed by atoms with Gasteiger partial charge >= 0.3 is 0 Å². The van der Waals surface area contributed by atoms with Crippen LogP contribution in [0.5, 0.6) is 0 Å². The zero-order chi connectivity index (χ0) is 19.7. The van der Waals surface area contributed by atoms with E-state index in [2.05, 4.69) is 4.98 Å². The lowest BCUT2D eigenvalue weighted by Crippen LogP contribution is -2.54. The number of amides is 2. The fourth-order valence-electron chi connectivity index (χ4n) is 3.85. The summed E-state index contributed by atoms with van der Waals surface area (Å²) in [5.74, 6) is 0.0991. The van der Waals surface area contributed by atoms with E-state index in [1.54, 1.807) is 0 Å². The van der Waals surface area contributed by atoms with Crippen LogP contribution in [0.3, 0.4) is 0 Å². The summed E-state index contributed by atoms with van der Waals surface area (Å²) < 4.78 is 0. The Hall–Kier alpha value is -3.08. The first-order chi connectivity index (χ1) is 13.5. The number of nitrogens with zero attached hydrogens (tertiary/aromatic N) is 2. The van der Waals surface area contributed by atoms with Gasteiger partial charge in [0.25, 0.3) is 5.91 Å². The van der Waals surface area contributed by atoms with E-state index < -0.39 is 5.41 Å². The van der Waals surface area contributed by atoms with Crippen LogP contribution < -0.4 is 0 Å². The fourth-order valence-corrected chi connectivity index (χ4v) is 3.85. The van der Waals surface area contributed by atoms with E-state index in [9.17, 15) is 9.59 Å². The highest BCUT2D eigenvalue weighted by atomic mass is 16.2. The summed E-state index contributed by atoms with van der Waals surface area (Å²) in [6.45, 7) is 6.14. The van der Waals surface area contributed by atoms with Crippen LogP contribution in [0.25, 0.3) is 10.9 Å². The molecule has 0 atom stereocenters. The number of aromatic amines is 1. The SMILES string of the molecule is CC(C)(C(=O)N1CCN(C(=O)c2cc3ccccc3[nH]2)CC1)c1ccccc1. The van der Waals surface area contributed by atoms with Crippen molar-refractivity contribution in [3.8, 4) is 0 Å². The summed E-state index contributed by atoms with van der Waals surface area (Å²) >= 11 is 0. The molecule has 0 aliphatic carbocycles. The molecule has 1 fully saturated rings. The summed E-state index contributed by atoms with van der Waals surface area (Å²) in [4.78, 5) is 32.9. The minimum atomic E-state index is -0.579. The van der Waals surface area contributed by atoms with Gasteiger partial charge in [0.1, 0.15) is 5.69 Å². The molecule has 144 valence electrons. The van der Waals surface area contributed by atoms with Crippen LogP contribution in [-0.4, -0.2) is 52.8 Å². The topological polar surface area (TPSA) is 56.4 Å². The predicted molar refractivity (Wildman–Crippen MR) is 110 cm³/mol. The molecule has 3 aromatic rings. The van der Waals surface area contributed by atoms with E-state index in [0.29, 0.717) is 31.9 Å². The van der Waals surface area contributed by atoms with Crippen LogP contribution in [0.1, 0.15) is 29.9 Å². The average molecular weight is 375 g/mol. The molecule has 1 aliphatic rings. The molecule has 1 N–H and O–H groups in total. The number of hydrogen-bond acceptors (Lipinski definition) is 2. The Morgan fingerprint density at radius 3 is 2.14 bits per heavy atom. The Labute approximate surface area is 165 Å². The molecule has 2 amide bonds. The molecule has 2 aromatic carbocycles. The summed E-state index contributed by atoms with van der Waals surface area (Å²) in [6.07, 6.45) is 0. The number of carbonyl (C=O) groups excluding carboxylic acids is 2. The third-order valence-corrected chi connectivity index (χ3v) is 5.64. The van der Waals surface area contributed by atoms with Crippen molar-refractivity contribution in [1.82, 2.24) is 14.8 Å². The number of benzene rings is 2. The molecule has 0 bridgehead atoms. The number of para-hydroxylation sites is 1. The first-order valence-corrected chi connectivity index (χ1v) is 9.69. The van der Waals surface area contributed by atoms with Gasteiger partial charge in [-0.15, -0.1) is 0 Å². The van der Waals surface area contributed by atoms with E-state index in [4.69, 9.17) is 0 Å². The maximum absolute atomic E-state index is 13.1. The molecule has 1 aromatic heterocycles. The van der Waals surface area contributed by atoms with Crippen molar-refractivity contribution in [2.45, 2.75) is 19.3 Å². The third kappa shape index (κ3) is 3.28. The molecule has 0 radical (unpaired) electrons. The highest BCUT2D eigenvalue weighted by Crippen LogP contribution is 2.26. The van der Waals surface area contributed by atoms with Gasteiger partial charge in [-0.1, -0.05) is 48.5 Å². The first-order valence-electron chi connectivity index (χ1n) is 9.69. The standard InChI is InChI=1S/C23H25N3O2/c1-23(2,18-9-4-3-5-10-18)22(28)26-14-12-25(13-15-26)21(27)20-16-17-8-6-7-11-19(17)24-20/h3-11,16,24H,12-15H2,1-2H3. The first kappa shape index (κ1) is 18.3. The minimum Gasteiger partial charge on any atom is -0.351 e. The zero-order valence-electron chi connectivity index (χ0n) is 16.3. The van der Waals surface area contributed by atoms with E-state index in [-0.39, 0.29) is 11.8 Å². The lowest BCUT2D eigenvalue weighted by Gasteiger charge is -2.38. The molecule has 1 saturated heterocycles. The summed E-state index contributed by atoms with van der Waals surface area (Å²) in [7, 11) is 0. The van der Waals surface area contributed by atoms with Gasteiger partial charge in [-0.3, -0.25) is 9.59 Å². The number of rotatable bonds is 3. The van der Waals surface area contributed by atoms with Crippen molar-refractivity contribution in [3.63, 3.8) is 0 Å². The Balaban J connectivity index is 1.42. The van der Waals surface area contributed by atoms with Crippen LogP contribution in [0.15, 0.2) is 60.7 Å². The number of nitrogens with one attached hydrogen (secondary N) is 1. The lowest BCUT2D eigenvalue weighted by molar-refractivity contribution is -0.137. The number of hydrogen-bond donors (Lipinski definition) is 1. The molecular formula is C23H25N3O2. The average Bonchev–Trinajstić information content (AvgIpc) is 3.17. The molecule has 5 heteroatoms. The van der Waals surface area contributed by atoms with Crippen molar-refractivity contribution in [3.05, 3.63) is 71.9 Å². The Morgan fingerprint density at radius 1 is 0.857 bits per heavy atom. The monoisotopic (exact) mass is 375 g/mol. The second-order valence-corrected chi connectivity index (χ2v) is 7.85. The van der Waals surface area contributed by atoms with Crippen LogP contribution >= 0.6 is 0 Å². The number of carbonyl (C=O) groups is 2. The summed E-state index contributed by atoms with van der Waals surface area (Å²) in [6, 6.07) is 19.6. The van der Waals surface area contributed by atoms with E-state index in [1.807, 2.05) is 84.3 Å². The molecule has 0 spiro atoms. The van der Waals surface area contributed by atoms with Gasteiger partial charge in [0, 0.05) is 37.1 Å². The summed E-state index contributed by atoms with van der Waals surface area (Å²) in [5.41, 5.74) is 2.00. The van der Waals surface area contributed by atoms with Crippen molar-refractivity contribution < 1.29 is 9.59 Å². The predicted octanol–water partition coefficient (Wildman–Crippen LogP) is 3.43. The van der Waals surface area contributed by atoms with E-state index in [1.165, 1.54) is 0 Å². The number of H-pyrrole nitrogens is 1. The highest BCUT2D eigenvalue weighted by molar-refractivity contribution is 5.98. The minimum absolute atomic E-state index is 0.00869. The van der Waals surface area contributed by atoms with Gasteiger partial charge in [-0.05, 0) is 31.5 Å². The van der Waals surface area contributed by atoms with Gasteiger partial charge in [0.05, 0.1) is 5.41 Å². The zero-order valence-corrected chi connectivity index (χ0v) is 16.3. The largest absolute Gasteiger partial charge is 0.351 e. The van der Waals surface area contributed by atoms with Crippen molar-refractivity contribution in [2.75, 3.05) is 26.2 Å². The van der Waals surface area contributed by atoms with Gasteiger partial charge in [0.15, 0.2) is 0 Å². The van der Waals surface area contributed by atoms with Crippen LogP contribution in [0, 0.1) is 0 Å². The Morgan fingerprint density at radius 2 is 1.46 bits per heavy atom. The number of aromatic nitrogens is 1. The smallest absolute Gasteiger partial charge is 0.270 e. The fraction of sp³-hybridized carbons (Fsp3) is 0.304. The van der Waals surface area contributed by atoms with Gasteiger partial charge in [-0.25, -0.2) is 0 Å². The second kappa shape index (κ2) is 7.15. The highest BCUT2D eigenvalue weighted by Gasteiger charge is 2.35. The van der Waals surface area contributed by atoms with E-state index >= 15 is 0 Å². The van der Waals surface area contributed by atoms with Gasteiger partial charge in [0.2, 0.25) is 5.91 Å². The molecule has 0 saturated carbocycles. The molecule has 0 unspecified atom stereocenters. The molecule has 1 aliphatic heterocycles. The Kier molecular flexibility index (Phi) is 4.67. The van der Waals surface area contributed by atoms with Crippen LogP contribution in [0.2, 0.25) is 0 Å². The second-order valence-electron chi connectivity index (χ2n) is 7.85. The van der Waals surface area contributed by atoms with Gasteiger partial charge < -0.3 is 14.8 Å². The number of fused-ring (bicyclic) bond motifs is 1. The summed E-state index contributed by atoms with van der Waals surface area (Å²) in [5, 5.41) is 1.03. The maximum Gasteiger partial charge on any atom is 0.270 e.